The van der Waals surface area contributed by atoms with E-state index >= 15 is 0 Å². The molecule has 4 aromatic rings. The van der Waals surface area contributed by atoms with Crippen molar-refractivity contribution in [2.24, 2.45) is 0 Å². The lowest BCUT2D eigenvalue weighted by Gasteiger charge is -2.27. The second-order valence-corrected chi connectivity index (χ2v) is 15.2. The molecule has 1 aliphatic carbocycles. The minimum Gasteiger partial charge on any atom is -0.418 e. The van der Waals surface area contributed by atoms with E-state index in [1.54, 1.807) is 0 Å². The van der Waals surface area contributed by atoms with Crippen LogP contribution in [0, 0.1) is 0 Å². The zero-order valence-corrected chi connectivity index (χ0v) is 31.7. The molecule has 8 heteroatoms. The fourth-order valence-electron chi connectivity index (χ4n) is 8.92. The first kappa shape index (κ1) is 37.2. The molecule has 0 amide bonds. The Kier molecular flexibility index (Phi) is 10.1. The van der Waals surface area contributed by atoms with Crippen LogP contribution in [-0.2, 0) is 10.8 Å². The predicted octanol–water partition coefficient (Wildman–Crippen LogP) is 11.7. The van der Waals surface area contributed by atoms with Gasteiger partial charge in [0, 0.05) is 57.8 Å². The summed E-state index contributed by atoms with van der Waals surface area (Å²) < 4.78 is 41.3. The highest BCUT2D eigenvalue weighted by Gasteiger charge is 2.42. The molecule has 0 aromatic heterocycles. The van der Waals surface area contributed by atoms with Crippen LogP contribution in [0.15, 0.2) is 120 Å². The zero-order chi connectivity index (χ0) is 37.6. The fraction of sp³-hybridized carbons (Fsp3) is 0.341. The third-order valence-corrected chi connectivity index (χ3v) is 11.0. The maximum absolute atomic E-state index is 9.75. The third-order valence-electron chi connectivity index (χ3n) is 11.0. The minimum atomic E-state index is -6.00. The molecule has 7 rings (SSSR count). The van der Waals surface area contributed by atoms with Crippen LogP contribution >= 0.6 is 0 Å². The van der Waals surface area contributed by atoms with E-state index in [1.165, 1.54) is 78.7 Å². The number of hydrogen-bond acceptors (Lipinski definition) is 2. The van der Waals surface area contributed by atoms with Crippen molar-refractivity contribution < 1.29 is 21.8 Å². The van der Waals surface area contributed by atoms with Gasteiger partial charge < -0.3 is 27.1 Å². The van der Waals surface area contributed by atoms with E-state index in [2.05, 4.69) is 167 Å². The van der Waals surface area contributed by atoms with E-state index in [-0.39, 0.29) is 10.8 Å². The van der Waals surface area contributed by atoms with Gasteiger partial charge >= 0.3 is 7.25 Å². The molecule has 0 N–H and O–H groups in total. The number of allylic oxidation sites excluding steroid dienone is 8. The Bertz CT molecular complexity index is 2030. The highest BCUT2D eigenvalue weighted by atomic mass is 19.5. The van der Waals surface area contributed by atoms with Crippen LogP contribution in [0.3, 0.4) is 0 Å². The Morgan fingerprint density at radius 2 is 1.00 bits per heavy atom. The van der Waals surface area contributed by atoms with Crippen LogP contribution in [0.2, 0.25) is 0 Å². The molecule has 272 valence electrons. The van der Waals surface area contributed by atoms with Gasteiger partial charge in [0.2, 0.25) is 5.71 Å². The van der Waals surface area contributed by atoms with Gasteiger partial charge in [-0.3, -0.25) is 0 Å². The van der Waals surface area contributed by atoms with Gasteiger partial charge in [0.15, 0.2) is 0 Å². The van der Waals surface area contributed by atoms with E-state index in [0.29, 0.717) is 0 Å². The molecule has 2 heterocycles. The molecule has 1 fully saturated rings. The van der Waals surface area contributed by atoms with Crippen molar-refractivity contribution in [1.29, 1.82) is 0 Å². The van der Waals surface area contributed by atoms with Crippen molar-refractivity contribution in [3.63, 3.8) is 0 Å². The molecule has 3 nitrogen and oxygen atoms in total. The van der Waals surface area contributed by atoms with Crippen LogP contribution in [0.4, 0.5) is 28.6 Å². The van der Waals surface area contributed by atoms with Gasteiger partial charge in [-0.05, 0) is 90.1 Å². The van der Waals surface area contributed by atoms with Crippen molar-refractivity contribution >= 4 is 45.9 Å². The summed E-state index contributed by atoms with van der Waals surface area (Å²) in [6, 6.07) is 26.9. The van der Waals surface area contributed by atoms with Gasteiger partial charge in [0.1, 0.15) is 14.1 Å². The molecule has 4 aromatic carbocycles. The van der Waals surface area contributed by atoms with Gasteiger partial charge in [-0.15, -0.1) is 0 Å². The first-order valence-corrected chi connectivity index (χ1v) is 18.4. The Hall–Kier alpha value is -4.59. The zero-order valence-electron chi connectivity index (χ0n) is 31.7. The van der Waals surface area contributed by atoms with E-state index in [9.17, 15) is 17.3 Å². The number of likely N-dealkylation sites (N-methyl/N-ethyl adjacent to an activating group) is 2. The summed E-state index contributed by atoms with van der Waals surface area (Å²) in [4.78, 5) is 5.06. The van der Waals surface area contributed by atoms with Gasteiger partial charge in [0.25, 0.3) is 0 Å². The second-order valence-electron chi connectivity index (χ2n) is 15.2. The molecule has 0 spiro atoms. The maximum Gasteiger partial charge on any atom is 0.673 e. The van der Waals surface area contributed by atoms with Crippen molar-refractivity contribution in [1.82, 2.24) is 0 Å². The van der Waals surface area contributed by atoms with Crippen molar-refractivity contribution in [3.05, 3.63) is 131 Å². The number of fused-ring (bicyclic) bond motifs is 6. The van der Waals surface area contributed by atoms with Crippen molar-refractivity contribution in [3.8, 4) is 0 Å². The lowest BCUT2D eigenvalue weighted by Crippen LogP contribution is -2.26. The number of rotatable bonds is 4. The maximum atomic E-state index is 9.75. The third kappa shape index (κ3) is 6.73. The van der Waals surface area contributed by atoms with Crippen LogP contribution in [-0.4, -0.2) is 44.7 Å². The standard InChI is InChI=1S/C44H50N3.BF4/c1-9-46-36-26-22-30-16-11-13-20-34(30)40(36)43(3,4)38(46)28-24-32-18-15-19-33(42(32)45(7)8)25-29-39-44(5,6)41-35-21-14-12-17-31(35)23-27-37(41)47(39)10-2;2-1(3,4)5/h11-14,16-17,20-29H,9-10,15,18-19H2,1-8H3;/q+1;-1. The van der Waals surface area contributed by atoms with Crippen LogP contribution in [0.5, 0.6) is 0 Å². The smallest absolute Gasteiger partial charge is 0.418 e. The van der Waals surface area contributed by atoms with Crippen molar-refractivity contribution in [2.45, 2.75) is 71.6 Å². The first-order chi connectivity index (χ1) is 24.6. The van der Waals surface area contributed by atoms with Crippen molar-refractivity contribution in [2.75, 3.05) is 37.0 Å². The van der Waals surface area contributed by atoms with Gasteiger partial charge in [-0.1, -0.05) is 101 Å². The number of benzene rings is 4. The van der Waals surface area contributed by atoms with Crippen LogP contribution in [0.1, 0.15) is 71.9 Å². The molecule has 0 saturated heterocycles. The fourth-order valence-corrected chi connectivity index (χ4v) is 8.92. The molecular weight excluding hydrogens is 657 g/mol. The van der Waals surface area contributed by atoms with E-state index in [4.69, 9.17) is 0 Å². The number of anilines is 2. The molecule has 52 heavy (non-hydrogen) atoms. The van der Waals surface area contributed by atoms with E-state index in [1.807, 2.05) is 0 Å². The van der Waals surface area contributed by atoms with E-state index in [0.717, 1.165) is 25.9 Å². The van der Waals surface area contributed by atoms with Crippen LogP contribution in [0.25, 0.3) is 21.5 Å². The average molecular weight is 708 g/mol. The molecule has 0 unspecified atom stereocenters. The number of nitrogens with zero attached hydrogens (tertiary/aromatic N) is 3. The Balaban J connectivity index is 0.000000870. The SMILES string of the molecule is CCN1/C(=C/C=C2\CCC/C(=C\C=C3\N(CC)c4ccc5ccccc5c4C3(C)C)C2=[N+](C)C)C(C)(C)c2c1ccc1ccccc21.F[B-](F)(F)F. The number of hydrogen-bond donors (Lipinski definition) is 0. The first-order valence-electron chi connectivity index (χ1n) is 18.4. The Morgan fingerprint density at radius 3 is 1.37 bits per heavy atom. The quantitative estimate of drug-likeness (QED) is 0.119. The van der Waals surface area contributed by atoms with Gasteiger partial charge in [0.05, 0.1) is 0 Å². The molecule has 0 bridgehead atoms. The molecule has 0 atom stereocenters. The topological polar surface area (TPSA) is 9.49 Å². The Morgan fingerprint density at radius 1 is 0.615 bits per heavy atom. The predicted molar refractivity (Wildman–Crippen MR) is 213 cm³/mol. The summed E-state index contributed by atoms with van der Waals surface area (Å²) in [5, 5.41) is 5.37. The van der Waals surface area contributed by atoms with Gasteiger partial charge in [-0.25, -0.2) is 4.58 Å². The molecule has 2 aliphatic heterocycles. The Labute approximate surface area is 306 Å². The highest BCUT2D eigenvalue weighted by molar-refractivity contribution is 6.50. The highest BCUT2D eigenvalue weighted by Crippen LogP contribution is 2.52. The van der Waals surface area contributed by atoms with Crippen LogP contribution < -0.4 is 9.80 Å². The summed E-state index contributed by atoms with van der Waals surface area (Å²) in [6.07, 6.45) is 13.1. The summed E-state index contributed by atoms with van der Waals surface area (Å²) in [7, 11) is -1.58. The molecular formula is C44H50BF4N3. The van der Waals surface area contributed by atoms with Gasteiger partial charge in [-0.2, -0.15) is 0 Å². The minimum absolute atomic E-state index is 0.0872. The summed E-state index contributed by atoms with van der Waals surface area (Å²) in [5.41, 5.74) is 12.4. The molecule has 1 saturated carbocycles. The lowest BCUT2D eigenvalue weighted by molar-refractivity contribution is -0.463. The largest absolute Gasteiger partial charge is 0.673 e. The second kappa shape index (κ2) is 14.1. The van der Waals surface area contributed by atoms with E-state index < -0.39 is 7.25 Å². The lowest BCUT2D eigenvalue weighted by atomic mass is 9.80. The summed E-state index contributed by atoms with van der Waals surface area (Å²) >= 11 is 0. The monoisotopic (exact) mass is 707 g/mol. The average Bonchev–Trinajstić information content (AvgIpc) is 3.46. The summed E-state index contributed by atoms with van der Waals surface area (Å²) in [6.45, 7) is 16.1. The number of halogens is 4. The normalized spacial score (nSPS) is 21.0. The molecule has 3 aliphatic rings. The molecule has 0 radical (unpaired) electrons. The summed E-state index contributed by atoms with van der Waals surface area (Å²) in [5.74, 6) is 0.